The van der Waals surface area contributed by atoms with Crippen LogP contribution in [0.25, 0.3) is 11.3 Å². The van der Waals surface area contributed by atoms with Gasteiger partial charge in [0.05, 0.1) is 32.4 Å². The molecule has 3 aromatic carbocycles. The Labute approximate surface area is 208 Å². The quantitative estimate of drug-likeness (QED) is 0.206. The highest BCUT2D eigenvalue weighted by molar-refractivity contribution is 6.42. The van der Waals surface area contributed by atoms with Gasteiger partial charge in [-0.25, -0.2) is 0 Å². The number of anilines is 1. The highest BCUT2D eigenvalue weighted by atomic mass is 35.5. The number of aromatic amines is 1. The number of nitrogens with zero attached hydrogens (tertiary/aromatic N) is 2. The van der Waals surface area contributed by atoms with Crippen LogP contribution in [0.15, 0.2) is 60.7 Å². The molecule has 0 saturated carbocycles. The summed E-state index contributed by atoms with van der Waals surface area (Å²) in [6.45, 7) is 1.81. The van der Waals surface area contributed by atoms with Crippen molar-refractivity contribution in [2.45, 2.75) is 6.92 Å². The molecule has 0 aliphatic heterocycles. The van der Waals surface area contributed by atoms with E-state index in [2.05, 4.69) is 15.5 Å². The summed E-state index contributed by atoms with van der Waals surface area (Å²) in [5, 5.41) is 22.1. The summed E-state index contributed by atoms with van der Waals surface area (Å²) < 4.78 is 5.76. The Hall–Kier alpha value is -3.59. The van der Waals surface area contributed by atoms with Crippen molar-refractivity contribution in [3.63, 3.8) is 0 Å². The monoisotopic (exact) mass is 516 g/mol. The van der Waals surface area contributed by atoms with Gasteiger partial charge in [-0.05, 0) is 48.9 Å². The molecule has 0 saturated heterocycles. The fourth-order valence-electron chi connectivity index (χ4n) is 3.08. The van der Waals surface area contributed by atoms with Crippen LogP contribution < -0.4 is 10.1 Å². The minimum Gasteiger partial charge on any atom is -0.457 e. The van der Waals surface area contributed by atoms with Gasteiger partial charge in [-0.3, -0.25) is 20.0 Å². The van der Waals surface area contributed by atoms with Crippen LogP contribution in [-0.4, -0.2) is 21.0 Å². The van der Waals surface area contributed by atoms with Gasteiger partial charge >= 0.3 is 0 Å². The van der Waals surface area contributed by atoms with Crippen LogP contribution in [0.3, 0.4) is 0 Å². The minimum absolute atomic E-state index is 0.142. The molecule has 11 heteroatoms. The van der Waals surface area contributed by atoms with Gasteiger partial charge in [0, 0.05) is 22.7 Å². The Morgan fingerprint density at radius 1 is 0.971 bits per heavy atom. The first-order valence-corrected chi connectivity index (χ1v) is 10.9. The van der Waals surface area contributed by atoms with Gasteiger partial charge in [-0.15, -0.1) is 0 Å². The standard InChI is InChI=1S/C23H15Cl3N4O4/c1-12-6-16(3-5-18(12)24)34-17-9-14(8-15(10-17)30(32)33)27-23(31)22-11-21(28-29-22)13-2-4-19(25)20(26)7-13/h2-11H,1H3,(H,27,31)(H,28,29). The number of carbonyl (C=O) groups excluding carboxylic acids is 1. The van der Waals surface area contributed by atoms with Gasteiger partial charge in [-0.2, -0.15) is 5.10 Å². The lowest BCUT2D eigenvalue weighted by Gasteiger charge is -2.10. The summed E-state index contributed by atoms with van der Waals surface area (Å²) in [7, 11) is 0. The molecule has 0 fully saturated rings. The van der Waals surface area contributed by atoms with Crippen LogP contribution in [0.4, 0.5) is 11.4 Å². The molecule has 0 atom stereocenters. The molecule has 2 N–H and O–H groups in total. The number of ether oxygens (including phenoxy) is 1. The largest absolute Gasteiger partial charge is 0.457 e. The van der Waals surface area contributed by atoms with Gasteiger partial charge < -0.3 is 10.1 Å². The van der Waals surface area contributed by atoms with Crippen molar-refractivity contribution in [3.8, 4) is 22.8 Å². The summed E-state index contributed by atoms with van der Waals surface area (Å²) in [5.74, 6) is 0.0689. The average Bonchev–Trinajstić information content (AvgIpc) is 3.28. The van der Waals surface area contributed by atoms with Crippen molar-refractivity contribution in [2.24, 2.45) is 0 Å². The first-order valence-electron chi connectivity index (χ1n) is 9.75. The van der Waals surface area contributed by atoms with Crippen molar-refractivity contribution < 1.29 is 14.5 Å². The molecule has 4 aromatic rings. The number of benzene rings is 3. The predicted molar refractivity (Wildman–Crippen MR) is 131 cm³/mol. The third kappa shape index (κ3) is 5.31. The zero-order valence-electron chi connectivity index (χ0n) is 17.4. The third-order valence-corrected chi connectivity index (χ3v) is 5.93. The van der Waals surface area contributed by atoms with Crippen molar-refractivity contribution in [1.82, 2.24) is 10.2 Å². The third-order valence-electron chi connectivity index (χ3n) is 4.76. The molecular formula is C23H15Cl3N4O4. The number of aryl methyl sites for hydroxylation is 1. The van der Waals surface area contributed by atoms with E-state index in [0.29, 0.717) is 32.1 Å². The number of hydrogen-bond acceptors (Lipinski definition) is 5. The molecule has 8 nitrogen and oxygen atoms in total. The highest BCUT2D eigenvalue weighted by Gasteiger charge is 2.16. The van der Waals surface area contributed by atoms with E-state index in [1.165, 1.54) is 24.3 Å². The fraction of sp³-hybridized carbons (Fsp3) is 0.0435. The van der Waals surface area contributed by atoms with E-state index >= 15 is 0 Å². The van der Waals surface area contributed by atoms with Crippen LogP contribution in [-0.2, 0) is 0 Å². The molecule has 0 aliphatic rings. The lowest BCUT2D eigenvalue weighted by atomic mass is 10.1. The number of halogens is 3. The van der Waals surface area contributed by atoms with Crippen LogP contribution in [0.2, 0.25) is 15.1 Å². The zero-order valence-corrected chi connectivity index (χ0v) is 19.7. The number of amides is 1. The number of non-ortho nitro benzene ring substituents is 1. The Kier molecular flexibility index (Phi) is 6.74. The maximum absolute atomic E-state index is 12.8. The molecule has 172 valence electrons. The molecule has 0 bridgehead atoms. The van der Waals surface area contributed by atoms with E-state index < -0.39 is 10.8 Å². The molecule has 1 amide bonds. The topological polar surface area (TPSA) is 110 Å². The second-order valence-corrected chi connectivity index (χ2v) is 8.46. The van der Waals surface area contributed by atoms with E-state index in [9.17, 15) is 14.9 Å². The summed E-state index contributed by atoms with van der Waals surface area (Å²) in [5.41, 5.74) is 1.99. The van der Waals surface area contributed by atoms with Crippen LogP contribution >= 0.6 is 34.8 Å². The van der Waals surface area contributed by atoms with Crippen LogP contribution in [0.5, 0.6) is 11.5 Å². The Morgan fingerprint density at radius 3 is 2.44 bits per heavy atom. The molecule has 1 aromatic heterocycles. The van der Waals surface area contributed by atoms with E-state index in [1.807, 2.05) is 6.92 Å². The summed E-state index contributed by atoms with van der Waals surface area (Å²) >= 11 is 18.0. The molecule has 1 heterocycles. The van der Waals surface area contributed by atoms with E-state index in [0.717, 1.165) is 5.56 Å². The second kappa shape index (κ2) is 9.72. The first kappa shape index (κ1) is 23.6. The Balaban J connectivity index is 1.57. The number of carbonyl (C=O) groups is 1. The lowest BCUT2D eigenvalue weighted by Crippen LogP contribution is -2.12. The Bertz CT molecular complexity index is 1420. The van der Waals surface area contributed by atoms with E-state index in [1.54, 1.807) is 36.4 Å². The zero-order chi connectivity index (χ0) is 24.4. The van der Waals surface area contributed by atoms with Crippen molar-refractivity contribution >= 4 is 52.1 Å². The van der Waals surface area contributed by atoms with Crippen LogP contribution in [0.1, 0.15) is 16.1 Å². The number of hydrogen-bond donors (Lipinski definition) is 2. The summed E-state index contributed by atoms with van der Waals surface area (Å²) in [6.07, 6.45) is 0. The van der Waals surface area contributed by atoms with Gasteiger partial charge in [0.25, 0.3) is 11.6 Å². The maximum atomic E-state index is 12.8. The summed E-state index contributed by atoms with van der Waals surface area (Å²) in [4.78, 5) is 23.6. The highest BCUT2D eigenvalue weighted by Crippen LogP contribution is 2.32. The van der Waals surface area contributed by atoms with Crippen molar-refractivity contribution in [1.29, 1.82) is 0 Å². The van der Waals surface area contributed by atoms with E-state index in [-0.39, 0.29) is 22.8 Å². The van der Waals surface area contributed by atoms with Crippen molar-refractivity contribution in [3.05, 3.63) is 97.1 Å². The number of rotatable bonds is 6. The van der Waals surface area contributed by atoms with Gasteiger partial charge in [0.2, 0.25) is 0 Å². The molecule has 0 aliphatic carbocycles. The Morgan fingerprint density at radius 2 is 1.74 bits per heavy atom. The molecule has 4 rings (SSSR count). The second-order valence-electron chi connectivity index (χ2n) is 7.24. The number of H-pyrrole nitrogens is 1. The number of nitrogens with one attached hydrogen (secondary N) is 2. The van der Waals surface area contributed by atoms with E-state index in [4.69, 9.17) is 39.5 Å². The van der Waals surface area contributed by atoms with Crippen LogP contribution in [0, 0.1) is 17.0 Å². The number of nitro groups is 1. The maximum Gasteiger partial charge on any atom is 0.275 e. The fourth-order valence-corrected chi connectivity index (χ4v) is 3.49. The molecule has 0 spiro atoms. The SMILES string of the molecule is Cc1cc(Oc2cc(NC(=O)c3cc(-c4ccc(Cl)c(Cl)c4)n[nH]3)cc([N+](=O)[O-])c2)ccc1Cl. The van der Waals surface area contributed by atoms with Crippen molar-refractivity contribution in [2.75, 3.05) is 5.32 Å². The summed E-state index contributed by atoms with van der Waals surface area (Å²) in [6, 6.07) is 15.5. The normalized spacial score (nSPS) is 10.7. The van der Waals surface area contributed by atoms with Gasteiger partial charge in [0.1, 0.15) is 17.2 Å². The molecule has 0 unspecified atom stereocenters. The predicted octanol–water partition coefficient (Wildman–Crippen LogP) is 7.30. The molecular weight excluding hydrogens is 503 g/mol. The lowest BCUT2D eigenvalue weighted by molar-refractivity contribution is -0.384. The first-order chi connectivity index (χ1) is 16.2. The molecule has 34 heavy (non-hydrogen) atoms. The van der Waals surface area contributed by atoms with Gasteiger partial charge in [0.15, 0.2) is 0 Å². The van der Waals surface area contributed by atoms with Gasteiger partial charge in [-0.1, -0.05) is 40.9 Å². The minimum atomic E-state index is -0.575. The smallest absolute Gasteiger partial charge is 0.275 e. The number of nitro benzene ring substituents is 1. The average molecular weight is 518 g/mol. The molecule has 0 radical (unpaired) electrons. The number of aromatic nitrogens is 2.